The largest absolute Gasteiger partial charge is 0.361 e. The van der Waals surface area contributed by atoms with Gasteiger partial charge in [-0.2, -0.15) is 0 Å². The zero-order valence-corrected chi connectivity index (χ0v) is 21.8. The van der Waals surface area contributed by atoms with Gasteiger partial charge in [-0.3, -0.25) is 18.4 Å². The smallest absolute Gasteiger partial charge is 0.264 e. The number of hydrogen-bond donors (Lipinski definition) is 2. The maximum atomic E-state index is 14.1. The Bertz CT molecular complexity index is 1760. The minimum absolute atomic E-state index is 0.239. The van der Waals surface area contributed by atoms with Crippen LogP contribution < -0.4 is 16.3 Å². The fraction of sp³-hybridized carbons (Fsp3) is 0.185. The predicted octanol–water partition coefficient (Wildman–Crippen LogP) is 4.97. The molecule has 0 aliphatic carbocycles. The van der Waals surface area contributed by atoms with E-state index in [1.807, 2.05) is 44.2 Å². The number of nitrogens with zero attached hydrogens (tertiary/aromatic N) is 3. The molecule has 0 fully saturated rings. The third kappa shape index (κ3) is 4.45. The molecule has 2 atom stereocenters. The van der Waals surface area contributed by atoms with Crippen molar-refractivity contribution in [3.8, 4) is 5.69 Å². The number of nitrogens with one attached hydrogen (secondary N) is 2. The highest BCUT2D eigenvalue weighted by atomic mass is 35.5. The first kappa shape index (κ1) is 24.9. The van der Waals surface area contributed by atoms with Gasteiger partial charge in [0.15, 0.2) is 5.43 Å². The molecule has 0 aliphatic heterocycles. The maximum Gasteiger partial charge on any atom is 0.264 e. The molecular formula is C27H24ClN5O3S. The van der Waals surface area contributed by atoms with E-state index in [0.29, 0.717) is 61.1 Å². The van der Waals surface area contributed by atoms with Gasteiger partial charge in [0.25, 0.3) is 5.56 Å². The van der Waals surface area contributed by atoms with Crippen LogP contribution in [0.3, 0.4) is 0 Å². The van der Waals surface area contributed by atoms with Gasteiger partial charge < -0.3 is 10.3 Å². The number of pyridine rings is 2. The summed E-state index contributed by atoms with van der Waals surface area (Å²) in [6.07, 6.45) is 3.60. The molecule has 3 heterocycles. The lowest BCUT2D eigenvalue weighted by Gasteiger charge is -2.24. The van der Waals surface area contributed by atoms with Gasteiger partial charge >= 0.3 is 0 Å². The van der Waals surface area contributed by atoms with Crippen LogP contribution in [-0.2, 0) is 10.8 Å². The molecule has 3 aromatic heterocycles. The van der Waals surface area contributed by atoms with Crippen molar-refractivity contribution in [2.45, 2.75) is 31.2 Å². The normalized spacial score (nSPS) is 13.1. The number of aromatic amines is 1. The molecule has 2 aromatic carbocycles. The summed E-state index contributed by atoms with van der Waals surface area (Å²) >= 11 is 7.03. The Kier molecular flexibility index (Phi) is 6.90. The van der Waals surface area contributed by atoms with Crippen molar-refractivity contribution in [2.75, 3.05) is 11.1 Å². The number of halogens is 1. The van der Waals surface area contributed by atoms with Crippen molar-refractivity contribution in [3.05, 3.63) is 98.4 Å². The summed E-state index contributed by atoms with van der Waals surface area (Å²) in [6.45, 7) is 3.79. The molecule has 5 rings (SSSR count). The Morgan fingerprint density at radius 3 is 2.59 bits per heavy atom. The lowest BCUT2D eigenvalue weighted by atomic mass is 10.1. The highest BCUT2D eigenvalue weighted by molar-refractivity contribution is 7.85. The van der Waals surface area contributed by atoms with E-state index in [1.165, 1.54) is 18.6 Å². The summed E-state index contributed by atoms with van der Waals surface area (Å²) in [5.74, 6) is 0.761. The van der Waals surface area contributed by atoms with Gasteiger partial charge in [0, 0.05) is 29.1 Å². The van der Waals surface area contributed by atoms with Crippen molar-refractivity contribution >= 4 is 50.0 Å². The average molecular weight is 534 g/mol. The van der Waals surface area contributed by atoms with E-state index in [2.05, 4.69) is 20.3 Å². The quantitative estimate of drug-likeness (QED) is 0.306. The van der Waals surface area contributed by atoms with E-state index in [1.54, 1.807) is 22.8 Å². The predicted molar refractivity (Wildman–Crippen MR) is 148 cm³/mol. The van der Waals surface area contributed by atoms with Crippen LogP contribution in [0.15, 0.2) is 81.6 Å². The molecule has 0 saturated carbocycles. The fourth-order valence-corrected chi connectivity index (χ4v) is 6.14. The lowest BCUT2D eigenvalue weighted by molar-refractivity contribution is 0.682. The topological polar surface area (TPSA) is 110 Å². The van der Waals surface area contributed by atoms with Gasteiger partial charge in [0.2, 0.25) is 0 Å². The Hall–Kier alpha value is -3.82. The van der Waals surface area contributed by atoms with Crippen molar-refractivity contribution in [1.29, 1.82) is 0 Å². The Morgan fingerprint density at radius 2 is 1.84 bits per heavy atom. The molecule has 0 bridgehead atoms. The van der Waals surface area contributed by atoms with Crippen LogP contribution in [0, 0.1) is 0 Å². The molecule has 188 valence electrons. The van der Waals surface area contributed by atoms with E-state index in [4.69, 9.17) is 11.6 Å². The second-order valence-electron chi connectivity index (χ2n) is 8.56. The van der Waals surface area contributed by atoms with E-state index in [9.17, 15) is 13.8 Å². The van der Waals surface area contributed by atoms with E-state index in [0.717, 1.165) is 0 Å². The molecule has 2 N–H and O–H groups in total. The molecule has 0 saturated heterocycles. The molecule has 10 heteroatoms. The highest BCUT2D eigenvalue weighted by Crippen LogP contribution is 2.34. The summed E-state index contributed by atoms with van der Waals surface area (Å²) in [6, 6.07) is 15.3. The second-order valence-corrected chi connectivity index (χ2v) is 10.5. The summed E-state index contributed by atoms with van der Waals surface area (Å²) in [5, 5.41) is 4.78. The number of benzene rings is 2. The fourth-order valence-electron chi connectivity index (χ4n) is 4.49. The monoisotopic (exact) mass is 533 g/mol. The van der Waals surface area contributed by atoms with Crippen molar-refractivity contribution < 1.29 is 4.21 Å². The number of para-hydroxylation sites is 1. The average Bonchev–Trinajstić information content (AvgIpc) is 2.91. The molecular weight excluding hydrogens is 510 g/mol. The number of aromatic nitrogens is 4. The second kappa shape index (κ2) is 10.3. The number of rotatable bonds is 7. The van der Waals surface area contributed by atoms with Crippen LogP contribution in [0.2, 0.25) is 5.02 Å². The van der Waals surface area contributed by atoms with Crippen LogP contribution in [0.4, 0.5) is 5.82 Å². The summed E-state index contributed by atoms with van der Waals surface area (Å²) < 4.78 is 14.6. The zero-order chi connectivity index (χ0) is 26.1. The Balaban J connectivity index is 1.78. The number of H-pyrrole nitrogens is 1. The first-order valence-electron chi connectivity index (χ1n) is 11.8. The summed E-state index contributed by atoms with van der Waals surface area (Å²) in [5.41, 5.74) is 0.937. The molecule has 0 amide bonds. The number of hydrogen-bond acceptors (Lipinski definition) is 6. The van der Waals surface area contributed by atoms with Crippen molar-refractivity contribution in [3.63, 3.8) is 0 Å². The molecule has 0 spiro atoms. The van der Waals surface area contributed by atoms with E-state index >= 15 is 0 Å². The van der Waals surface area contributed by atoms with Crippen LogP contribution in [0.1, 0.15) is 32.0 Å². The number of anilines is 1. The minimum atomic E-state index is -1.35. The van der Waals surface area contributed by atoms with Crippen LogP contribution >= 0.6 is 11.6 Å². The van der Waals surface area contributed by atoms with E-state index < -0.39 is 16.8 Å². The molecule has 1 unspecified atom stereocenters. The summed E-state index contributed by atoms with van der Waals surface area (Å²) in [4.78, 5) is 38.6. The first-order chi connectivity index (χ1) is 17.9. The third-order valence-corrected chi connectivity index (χ3v) is 8.11. The van der Waals surface area contributed by atoms with Gasteiger partial charge in [0.05, 0.1) is 37.8 Å². The maximum absolute atomic E-state index is 14.1. The molecule has 5 aromatic rings. The standard InChI is InChI=1S/C27H24ClN5O3S/c1-3-14-37(36)20-11-7-10-18-21(20)27(35)33(17-8-5-4-6-9-17)24(23(18)28)16(2)32-26-22-19(34)12-13-29-25(22)30-15-31-26/h4-13,15-16H,3,14H2,1-2H3,(H2,29,30,31,32,34)/t16-,37?/m0/s1. The highest BCUT2D eigenvalue weighted by Gasteiger charge is 2.25. The number of fused-ring (bicyclic) bond motifs is 2. The molecule has 0 radical (unpaired) electrons. The van der Waals surface area contributed by atoms with E-state index in [-0.39, 0.29) is 11.0 Å². The van der Waals surface area contributed by atoms with Gasteiger partial charge in [-0.15, -0.1) is 0 Å². The molecule has 0 aliphatic rings. The van der Waals surface area contributed by atoms with Crippen LogP contribution in [-0.4, -0.2) is 29.5 Å². The van der Waals surface area contributed by atoms with Crippen LogP contribution in [0.25, 0.3) is 27.5 Å². The first-order valence-corrected chi connectivity index (χ1v) is 13.5. The van der Waals surface area contributed by atoms with Gasteiger partial charge in [0.1, 0.15) is 23.2 Å². The lowest BCUT2D eigenvalue weighted by Crippen LogP contribution is -2.27. The SMILES string of the molecule is CCCS(=O)c1cccc2c(Cl)c([C@H](C)Nc3ncnc4[nH]ccc(=O)c34)n(-c3ccccc3)c(=O)c12. The van der Waals surface area contributed by atoms with Crippen LogP contribution in [0.5, 0.6) is 0 Å². The van der Waals surface area contributed by atoms with Gasteiger partial charge in [-0.05, 0) is 31.5 Å². The molecule has 37 heavy (non-hydrogen) atoms. The van der Waals surface area contributed by atoms with Gasteiger partial charge in [-0.25, -0.2) is 9.97 Å². The zero-order valence-electron chi connectivity index (χ0n) is 20.2. The van der Waals surface area contributed by atoms with Crippen molar-refractivity contribution in [1.82, 2.24) is 19.5 Å². The van der Waals surface area contributed by atoms with Gasteiger partial charge in [-0.1, -0.05) is 48.9 Å². The summed E-state index contributed by atoms with van der Waals surface area (Å²) in [7, 11) is -1.35. The van der Waals surface area contributed by atoms with Crippen molar-refractivity contribution in [2.24, 2.45) is 0 Å². The Morgan fingerprint density at radius 1 is 1.05 bits per heavy atom. The Labute approximate surface area is 219 Å². The minimum Gasteiger partial charge on any atom is -0.361 e. The third-order valence-electron chi connectivity index (χ3n) is 6.11. The molecule has 8 nitrogen and oxygen atoms in total.